The first-order chi connectivity index (χ1) is 14.1. The minimum absolute atomic E-state index is 0.184. The molecule has 0 radical (unpaired) electrons. The maximum atomic E-state index is 15.1. The van der Waals surface area contributed by atoms with Crippen molar-refractivity contribution in [1.82, 2.24) is 0 Å². The summed E-state index contributed by atoms with van der Waals surface area (Å²) < 4.78 is 15.1. The highest BCUT2D eigenvalue weighted by Crippen LogP contribution is 2.33. The first-order valence-corrected chi connectivity index (χ1v) is 10.2. The van der Waals surface area contributed by atoms with Crippen molar-refractivity contribution in [3.63, 3.8) is 0 Å². The molecule has 0 fully saturated rings. The van der Waals surface area contributed by atoms with Gasteiger partial charge in [-0.05, 0) is 30.5 Å². The molecule has 2 aromatic carbocycles. The van der Waals surface area contributed by atoms with E-state index in [-0.39, 0.29) is 17.7 Å². The quantitative estimate of drug-likeness (QED) is 0.244. The molecule has 0 amide bonds. The van der Waals surface area contributed by atoms with Crippen LogP contribution in [-0.4, -0.2) is 12.6 Å². The van der Waals surface area contributed by atoms with Gasteiger partial charge in [0.05, 0.1) is 24.2 Å². The van der Waals surface area contributed by atoms with Gasteiger partial charge in [0.1, 0.15) is 5.82 Å². The Labute approximate surface area is 172 Å². The third-order valence-electron chi connectivity index (χ3n) is 4.83. The average molecular weight is 397 g/mol. The van der Waals surface area contributed by atoms with Crippen molar-refractivity contribution in [2.75, 3.05) is 6.61 Å². The van der Waals surface area contributed by atoms with Gasteiger partial charge >= 0.3 is 5.97 Å². The highest BCUT2D eigenvalue weighted by Gasteiger charge is 2.24. The largest absolute Gasteiger partial charge is 0.376 e. The maximum Gasteiger partial charge on any atom is 0.376 e. The third kappa shape index (κ3) is 6.40. The molecular formula is C24H28FNO3. The van der Waals surface area contributed by atoms with E-state index in [1.54, 1.807) is 13.0 Å². The summed E-state index contributed by atoms with van der Waals surface area (Å²) in [5, 5.41) is 9.33. The minimum Gasteiger partial charge on any atom is -0.293 e. The summed E-state index contributed by atoms with van der Waals surface area (Å²) in [5.74, 6) is -2.35. The van der Waals surface area contributed by atoms with Crippen LogP contribution in [0.2, 0.25) is 0 Å². The van der Waals surface area contributed by atoms with Crippen LogP contribution in [0.1, 0.15) is 74.2 Å². The molecule has 2 aromatic rings. The van der Waals surface area contributed by atoms with Crippen molar-refractivity contribution in [2.24, 2.45) is 0 Å². The van der Waals surface area contributed by atoms with Crippen molar-refractivity contribution < 1.29 is 19.0 Å². The molecule has 0 saturated carbocycles. The maximum absolute atomic E-state index is 15.1. The summed E-state index contributed by atoms with van der Waals surface area (Å²) >= 11 is 0. The van der Waals surface area contributed by atoms with Crippen molar-refractivity contribution in [3.8, 4) is 17.2 Å². The summed E-state index contributed by atoms with van der Waals surface area (Å²) in [4.78, 5) is 22.0. The van der Waals surface area contributed by atoms with E-state index in [1.807, 2.05) is 30.3 Å². The van der Waals surface area contributed by atoms with Crippen LogP contribution in [0.25, 0.3) is 11.1 Å². The number of carbonyl (C=O) groups excluding carboxylic acids is 1. The van der Waals surface area contributed by atoms with Crippen molar-refractivity contribution in [3.05, 3.63) is 59.4 Å². The fraction of sp³-hybridized carbons (Fsp3) is 0.417. The van der Waals surface area contributed by atoms with Gasteiger partial charge in [-0.15, -0.1) is 0 Å². The van der Waals surface area contributed by atoms with E-state index in [0.717, 1.165) is 24.8 Å². The highest BCUT2D eigenvalue weighted by molar-refractivity contribution is 5.91. The summed E-state index contributed by atoms with van der Waals surface area (Å²) in [7, 11) is 0. The number of nitriles is 1. The molecule has 0 aromatic heterocycles. The van der Waals surface area contributed by atoms with Crippen LogP contribution in [0.4, 0.5) is 4.39 Å². The predicted molar refractivity (Wildman–Crippen MR) is 111 cm³/mol. The van der Waals surface area contributed by atoms with Crippen LogP contribution in [0, 0.1) is 17.1 Å². The molecule has 1 atom stereocenters. The number of nitrogens with zero attached hydrogens (tertiary/aromatic N) is 1. The Morgan fingerprint density at radius 1 is 1.07 bits per heavy atom. The van der Waals surface area contributed by atoms with Crippen LogP contribution < -0.4 is 0 Å². The number of carbonyl (C=O) groups is 1. The van der Waals surface area contributed by atoms with Crippen LogP contribution in [0.5, 0.6) is 0 Å². The molecule has 0 aliphatic rings. The molecule has 29 heavy (non-hydrogen) atoms. The Hall–Kier alpha value is -2.71. The smallest absolute Gasteiger partial charge is 0.293 e. The van der Waals surface area contributed by atoms with Gasteiger partial charge in [0.25, 0.3) is 0 Å². The standard InChI is InChI=1S/C24H28FNO3/c1-3-4-5-6-7-11-16-28-29-24(27)21-15-14-20(19-12-9-8-10-13-19)22(23(21)25)18(2)17-26/h8-10,12-15,18H,3-7,11,16H2,1-2H3/t18-/m1/s1. The van der Waals surface area contributed by atoms with Crippen molar-refractivity contribution in [1.29, 1.82) is 5.26 Å². The van der Waals surface area contributed by atoms with E-state index in [0.29, 0.717) is 5.56 Å². The second kappa shape index (κ2) is 12.0. The van der Waals surface area contributed by atoms with Gasteiger partial charge in [0, 0.05) is 5.56 Å². The molecule has 4 nitrogen and oxygen atoms in total. The second-order valence-corrected chi connectivity index (χ2v) is 7.07. The Bertz CT molecular complexity index is 830. The number of rotatable bonds is 11. The van der Waals surface area contributed by atoms with Gasteiger partial charge in [0.15, 0.2) is 0 Å². The van der Waals surface area contributed by atoms with Gasteiger partial charge in [-0.3, -0.25) is 4.89 Å². The molecule has 0 spiro atoms. The fourth-order valence-electron chi connectivity index (χ4n) is 3.19. The highest BCUT2D eigenvalue weighted by atomic mass is 19.1. The first-order valence-electron chi connectivity index (χ1n) is 10.2. The lowest BCUT2D eigenvalue weighted by Crippen LogP contribution is -2.12. The molecule has 0 bridgehead atoms. The second-order valence-electron chi connectivity index (χ2n) is 7.07. The van der Waals surface area contributed by atoms with Gasteiger partial charge in [-0.25, -0.2) is 9.18 Å². The lowest BCUT2D eigenvalue weighted by atomic mass is 9.90. The van der Waals surface area contributed by atoms with Gasteiger partial charge < -0.3 is 0 Å². The number of hydrogen-bond acceptors (Lipinski definition) is 4. The Morgan fingerprint density at radius 3 is 2.45 bits per heavy atom. The molecule has 0 aliphatic carbocycles. The van der Waals surface area contributed by atoms with Gasteiger partial charge in [-0.1, -0.05) is 75.4 Å². The predicted octanol–water partition coefficient (Wildman–Crippen LogP) is 6.57. The van der Waals surface area contributed by atoms with Crippen molar-refractivity contribution >= 4 is 5.97 Å². The topological polar surface area (TPSA) is 59.3 Å². The molecule has 0 saturated heterocycles. The zero-order chi connectivity index (χ0) is 21.1. The van der Waals surface area contributed by atoms with Crippen LogP contribution >= 0.6 is 0 Å². The Balaban J connectivity index is 2.06. The van der Waals surface area contributed by atoms with Crippen LogP contribution in [0.3, 0.4) is 0 Å². The summed E-state index contributed by atoms with van der Waals surface area (Å²) in [6.07, 6.45) is 6.50. The van der Waals surface area contributed by atoms with E-state index in [9.17, 15) is 10.1 Å². The van der Waals surface area contributed by atoms with Gasteiger partial charge in [0.2, 0.25) is 0 Å². The van der Waals surface area contributed by atoms with E-state index in [1.165, 1.54) is 25.3 Å². The molecule has 5 heteroatoms. The summed E-state index contributed by atoms with van der Waals surface area (Å²) in [5.41, 5.74) is 1.32. The molecule has 2 rings (SSSR count). The molecular weight excluding hydrogens is 369 g/mol. The summed E-state index contributed by atoms with van der Waals surface area (Å²) in [6.45, 7) is 4.05. The minimum atomic E-state index is -0.889. The lowest BCUT2D eigenvalue weighted by molar-refractivity contribution is -0.241. The van der Waals surface area contributed by atoms with Crippen molar-refractivity contribution in [2.45, 2.75) is 58.3 Å². The molecule has 0 heterocycles. The Morgan fingerprint density at radius 2 is 1.76 bits per heavy atom. The molecule has 0 aliphatic heterocycles. The molecule has 0 unspecified atom stereocenters. The van der Waals surface area contributed by atoms with Gasteiger partial charge in [-0.2, -0.15) is 10.1 Å². The number of benzene rings is 2. The third-order valence-corrected chi connectivity index (χ3v) is 4.83. The summed E-state index contributed by atoms with van der Waals surface area (Å²) in [6, 6.07) is 14.3. The zero-order valence-corrected chi connectivity index (χ0v) is 17.1. The number of halogens is 1. The number of hydrogen-bond donors (Lipinski definition) is 0. The van der Waals surface area contributed by atoms with Crippen LogP contribution in [-0.2, 0) is 9.78 Å². The average Bonchev–Trinajstić information content (AvgIpc) is 2.75. The SMILES string of the molecule is CCCCCCCCOOC(=O)c1ccc(-c2ccccc2)c([C@H](C)C#N)c1F. The first kappa shape index (κ1) is 22.6. The van der Waals surface area contributed by atoms with Crippen LogP contribution in [0.15, 0.2) is 42.5 Å². The lowest BCUT2D eigenvalue weighted by Gasteiger charge is -2.15. The fourth-order valence-corrected chi connectivity index (χ4v) is 3.19. The number of unbranched alkanes of at least 4 members (excludes halogenated alkanes) is 5. The Kier molecular flexibility index (Phi) is 9.33. The molecule has 0 N–H and O–H groups in total. The van der Waals surface area contributed by atoms with E-state index < -0.39 is 17.7 Å². The normalized spacial score (nSPS) is 11.7. The molecule has 154 valence electrons. The monoisotopic (exact) mass is 397 g/mol. The van der Waals surface area contributed by atoms with E-state index in [4.69, 9.17) is 9.78 Å². The zero-order valence-electron chi connectivity index (χ0n) is 17.1. The van der Waals surface area contributed by atoms with E-state index >= 15 is 4.39 Å². The van der Waals surface area contributed by atoms with E-state index in [2.05, 4.69) is 13.0 Å².